The van der Waals surface area contributed by atoms with Crippen molar-refractivity contribution in [1.29, 1.82) is 0 Å². The highest BCUT2D eigenvalue weighted by Crippen LogP contribution is 2.32. The summed E-state index contributed by atoms with van der Waals surface area (Å²) in [6.07, 6.45) is -2.96. The molecule has 0 amide bonds. The predicted octanol–water partition coefficient (Wildman–Crippen LogP) is 1.13. The number of sulfonamides is 1. The molecule has 0 unspecified atom stereocenters. The van der Waals surface area contributed by atoms with Crippen LogP contribution in [0, 0.1) is 0 Å². The van der Waals surface area contributed by atoms with Gasteiger partial charge in [0.05, 0.1) is 4.47 Å². The zero-order valence-electron chi connectivity index (χ0n) is 6.99. The third-order valence-electron chi connectivity index (χ3n) is 1.43. The minimum absolute atomic E-state index is 0.211. The standard InChI is InChI=1S/C6H5BrF2N2O3S/c7-2-1-3(5(8)9)11-6(4(2)12)15(10,13)14/h1,5,12H,(H2,10,13,14). The van der Waals surface area contributed by atoms with Crippen LogP contribution >= 0.6 is 15.9 Å². The topological polar surface area (TPSA) is 93.3 Å². The van der Waals surface area contributed by atoms with Crippen molar-refractivity contribution in [2.24, 2.45) is 5.14 Å². The van der Waals surface area contributed by atoms with Gasteiger partial charge in [-0.3, -0.25) is 0 Å². The summed E-state index contributed by atoms with van der Waals surface area (Å²) in [5.41, 5.74) is -0.788. The first-order valence-corrected chi connectivity index (χ1v) is 5.77. The molecular weight excluding hydrogens is 298 g/mol. The van der Waals surface area contributed by atoms with E-state index < -0.39 is 32.9 Å². The van der Waals surface area contributed by atoms with Crippen molar-refractivity contribution < 1.29 is 22.3 Å². The Hall–Kier alpha value is -0.800. The average molecular weight is 303 g/mol. The third-order valence-corrected chi connectivity index (χ3v) is 2.86. The molecule has 15 heavy (non-hydrogen) atoms. The first-order chi connectivity index (χ1) is 6.73. The van der Waals surface area contributed by atoms with Crippen LogP contribution in [0.15, 0.2) is 15.6 Å². The van der Waals surface area contributed by atoms with Crippen LogP contribution < -0.4 is 5.14 Å². The van der Waals surface area contributed by atoms with Crippen LogP contribution in [0.25, 0.3) is 0 Å². The van der Waals surface area contributed by atoms with Gasteiger partial charge in [0.2, 0.25) is 5.03 Å². The Morgan fingerprint density at radius 2 is 2.07 bits per heavy atom. The lowest BCUT2D eigenvalue weighted by atomic mass is 10.3. The number of pyridine rings is 1. The maximum absolute atomic E-state index is 12.2. The first kappa shape index (κ1) is 12.3. The van der Waals surface area contributed by atoms with Gasteiger partial charge in [0.1, 0.15) is 5.69 Å². The van der Waals surface area contributed by atoms with Crippen molar-refractivity contribution in [3.63, 3.8) is 0 Å². The van der Waals surface area contributed by atoms with E-state index in [1.54, 1.807) is 0 Å². The van der Waals surface area contributed by atoms with Crippen LogP contribution in [0.5, 0.6) is 5.75 Å². The molecule has 1 aromatic heterocycles. The SMILES string of the molecule is NS(=O)(=O)c1nc(C(F)F)cc(Br)c1O. The fraction of sp³-hybridized carbons (Fsp3) is 0.167. The van der Waals surface area contributed by atoms with Crippen molar-refractivity contribution in [3.8, 4) is 5.75 Å². The van der Waals surface area contributed by atoms with Gasteiger partial charge in [-0.15, -0.1) is 0 Å². The van der Waals surface area contributed by atoms with Gasteiger partial charge >= 0.3 is 0 Å². The molecule has 0 radical (unpaired) electrons. The van der Waals surface area contributed by atoms with E-state index in [4.69, 9.17) is 0 Å². The minimum atomic E-state index is -4.34. The van der Waals surface area contributed by atoms with Crippen molar-refractivity contribution in [2.75, 3.05) is 0 Å². The first-order valence-electron chi connectivity index (χ1n) is 3.44. The molecule has 5 nitrogen and oxygen atoms in total. The molecule has 9 heteroatoms. The Bertz CT molecular complexity index is 491. The van der Waals surface area contributed by atoms with E-state index in [2.05, 4.69) is 26.1 Å². The maximum atomic E-state index is 12.2. The van der Waals surface area contributed by atoms with Crippen LogP contribution in [0.2, 0.25) is 0 Å². The Balaban J connectivity index is 3.52. The van der Waals surface area contributed by atoms with Crippen LogP contribution in [-0.2, 0) is 10.0 Å². The molecule has 0 aliphatic carbocycles. The highest BCUT2D eigenvalue weighted by Gasteiger charge is 2.22. The monoisotopic (exact) mass is 302 g/mol. The Morgan fingerprint density at radius 3 is 2.47 bits per heavy atom. The lowest BCUT2D eigenvalue weighted by Crippen LogP contribution is -2.15. The van der Waals surface area contributed by atoms with Crippen LogP contribution in [-0.4, -0.2) is 18.5 Å². The van der Waals surface area contributed by atoms with Crippen LogP contribution in [0.3, 0.4) is 0 Å². The number of alkyl halides is 2. The fourth-order valence-corrected chi connectivity index (χ4v) is 1.98. The lowest BCUT2D eigenvalue weighted by Gasteiger charge is -2.06. The number of halogens is 3. The summed E-state index contributed by atoms with van der Waals surface area (Å²) >= 11 is 2.71. The number of nitrogens with zero attached hydrogens (tertiary/aromatic N) is 1. The van der Waals surface area contributed by atoms with Gasteiger partial charge in [0.15, 0.2) is 5.75 Å². The number of aromatic hydroxyl groups is 1. The normalized spacial score (nSPS) is 12.1. The molecule has 0 aliphatic rings. The summed E-state index contributed by atoms with van der Waals surface area (Å²) in [5.74, 6) is -0.790. The van der Waals surface area contributed by atoms with Gasteiger partial charge in [0, 0.05) is 0 Å². The Morgan fingerprint density at radius 1 is 1.53 bits per heavy atom. The van der Waals surface area contributed by atoms with Crippen molar-refractivity contribution in [2.45, 2.75) is 11.5 Å². The third kappa shape index (κ3) is 2.61. The molecular formula is C6H5BrF2N2O3S. The zero-order chi connectivity index (χ0) is 11.8. The van der Waals surface area contributed by atoms with E-state index in [1.807, 2.05) is 0 Å². The van der Waals surface area contributed by atoms with Gasteiger partial charge in [-0.05, 0) is 22.0 Å². The van der Waals surface area contributed by atoms with E-state index >= 15 is 0 Å². The summed E-state index contributed by atoms with van der Waals surface area (Å²) < 4.78 is 46.0. The van der Waals surface area contributed by atoms with E-state index in [9.17, 15) is 22.3 Å². The smallest absolute Gasteiger partial charge is 0.280 e. The molecule has 0 aromatic carbocycles. The second-order valence-corrected chi connectivity index (χ2v) is 4.86. The molecule has 1 rings (SSSR count). The van der Waals surface area contributed by atoms with Gasteiger partial charge in [-0.25, -0.2) is 27.3 Å². The zero-order valence-corrected chi connectivity index (χ0v) is 9.39. The molecule has 1 aromatic rings. The maximum Gasteiger partial charge on any atom is 0.280 e. The fourth-order valence-electron chi connectivity index (χ4n) is 0.813. The van der Waals surface area contributed by atoms with E-state index in [1.165, 1.54) is 0 Å². The van der Waals surface area contributed by atoms with E-state index in [0.29, 0.717) is 0 Å². The van der Waals surface area contributed by atoms with Crippen molar-refractivity contribution in [1.82, 2.24) is 4.98 Å². The molecule has 0 aliphatic heterocycles. The molecule has 3 N–H and O–H groups in total. The summed E-state index contributed by atoms with van der Waals surface area (Å²) in [6.45, 7) is 0. The minimum Gasteiger partial charge on any atom is -0.504 e. The summed E-state index contributed by atoms with van der Waals surface area (Å²) in [7, 11) is -4.34. The predicted molar refractivity (Wildman–Crippen MR) is 49.9 cm³/mol. The highest BCUT2D eigenvalue weighted by molar-refractivity contribution is 9.10. The summed E-state index contributed by atoms with van der Waals surface area (Å²) in [4.78, 5) is 3.06. The van der Waals surface area contributed by atoms with Crippen LogP contribution in [0.4, 0.5) is 8.78 Å². The second-order valence-electron chi connectivity index (χ2n) is 2.53. The molecule has 84 valence electrons. The Kier molecular flexibility index (Phi) is 3.26. The second kappa shape index (κ2) is 3.99. The number of hydrogen-bond acceptors (Lipinski definition) is 4. The highest BCUT2D eigenvalue weighted by atomic mass is 79.9. The summed E-state index contributed by atoms with van der Waals surface area (Å²) in [6, 6.07) is 0.814. The molecule has 0 spiro atoms. The van der Waals surface area contributed by atoms with Crippen LogP contribution in [0.1, 0.15) is 12.1 Å². The van der Waals surface area contributed by atoms with Crippen molar-refractivity contribution >= 4 is 26.0 Å². The lowest BCUT2D eigenvalue weighted by molar-refractivity contribution is 0.145. The number of hydrogen-bond donors (Lipinski definition) is 2. The largest absolute Gasteiger partial charge is 0.504 e. The van der Waals surface area contributed by atoms with E-state index in [-0.39, 0.29) is 4.47 Å². The molecule has 0 fully saturated rings. The number of aromatic nitrogens is 1. The molecule has 0 saturated carbocycles. The van der Waals surface area contributed by atoms with E-state index in [0.717, 1.165) is 6.07 Å². The Labute approximate surface area is 92.1 Å². The quantitative estimate of drug-likeness (QED) is 0.856. The van der Waals surface area contributed by atoms with Gasteiger partial charge in [0.25, 0.3) is 16.4 Å². The number of nitrogens with two attached hydrogens (primary N) is 1. The number of primary sulfonamides is 1. The average Bonchev–Trinajstić information content (AvgIpc) is 2.06. The molecule has 1 heterocycles. The summed E-state index contributed by atoms with van der Waals surface area (Å²) in [5, 5.41) is 12.9. The van der Waals surface area contributed by atoms with Crippen molar-refractivity contribution in [3.05, 3.63) is 16.2 Å². The van der Waals surface area contributed by atoms with Gasteiger partial charge < -0.3 is 5.11 Å². The number of rotatable bonds is 2. The molecule has 0 atom stereocenters. The van der Waals surface area contributed by atoms with Gasteiger partial charge in [-0.1, -0.05) is 0 Å². The molecule has 0 bridgehead atoms. The van der Waals surface area contributed by atoms with Gasteiger partial charge in [-0.2, -0.15) is 0 Å². The molecule has 0 saturated heterocycles.